The highest BCUT2D eigenvalue weighted by molar-refractivity contribution is 5.77. The zero-order valence-corrected chi connectivity index (χ0v) is 8.36. The summed E-state index contributed by atoms with van der Waals surface area (Å²) in [5.41, 5.74) is 8.55. The van der Waals surface area contributed by atoms with Gasteiger partial charge in [0.25, 0.3) is 6.02 Å². The van der Waals surface area contributed by atoms with E-state index in [4.69, 9.17) is 10.5 Å². The number of benzene rings is 1. The molecule has 0 bridgehead atoms. The largest absolute Gasteiger partial charge is 0.451 e. The highest BCUT2D eigenvalue weighted by Gasteiger charge is 2.45. The fourth-order valence-corrected chi connectivity index (χ4v) is 2.37. The molecule has 1 aromatic rings. The van der Waals surface area contributed by atoms with Gasteiger partial charge in [-0.2, -0.15) is 4.99 Å². The van der Waals surface area contributed by atoms with Crippen molar-refractivity contribution in [2.75, 3.05) is 0 Å². The summed E-state index contributed by atoms with van der Waals surface area (Å²) in [6, 6.07) is 8.57. The first-order chi connectivity index (χ1) is 7.20. The fraction of sp³-hybridized carbons (Fsp3) is 0.250. The maximum atomic E-state index is 5.63. The van der Waals surface area contributed by atoms with Crippen LogP contribution in [-0.2, 0) is 17.6 Å². The van der Waals surface area contributed by atoms with Crippen molar-refractivity contribution >= 4 is 6.02 Å². The van der Waals surface area contributed by atoms with Crippen LogP contribution in [0, 0.1) is 0 Å². The van der Waals surface area contributed by atoms with Crippen LogP contribution in [-0.4, -0.2) is 11.6 Å². The molecule has 1 heterocycles. The Morgan fingerprint density at radius 3 is 2.33 bits per heavy atom. The maximum absolute atomic E-state index is 5.63. The molecule has 1 spiro atoms. The monoisotopic (exact) mass is 200 g/mol. The van der Waals surface area contributed by atoms with Crippen LogP contribution in [0.2, 0.25) is 0 Å². The summed E-state index contributed by atoms with van der Waals surface area (Å²) >= 11 is 0. The van der Waals surface area contributed by atoms with E-state index in [2.05, 4.69) is 23.7 Å². The van der Waals surface area contributed by atoms with Crippen LogP contribution >= 0.6 is 0 Å². The number of ether oxygens (including phenoxy) is 1. The first kappa shape index (κ1) is 8.53. The molecule has 2 aliphatic rings. The number of nitrogens with zero attached hydrogens (tertiary/aromatic N) is 1. The van der Waals surface area contributed by atoms with Crippen molar-refractivity contribution in [2.45, 2.75) is 18.4 Å². The molecule has 3 nitrogen and oxygen atoms in total. The molecule has 0 radical (unpaired) electrons. The van der Waals surface area contributed by atoms with Gasteiger partial charge in [-0.1, -0.05) is 30.8 Å². The molecule has 0 amide bonds. The van der Waals surface area contributed by atoms with Gasteiger partial charge in [0.2, 0.25) is 0 Å². The number of aliphatic imine (C=N–C) groups is 1. The van der Waals surface area contributed by atoms with E-state index >= 15 is 0 Å². The second-order valence-electron chi connectivity index (χ2n) is 4.12. The number of rotatable bonds is 0. The van der Waals surface area contributed by atoms with Gasteiger partial charge in [-0.25, -0.2) is 0 Å². The third-order valence-electron chi connectivity index (χ3n) is 3.14. The van der Waals surface area contributed by atoms with Crippen molar-refractivity contribution in [1.82, 2.24) is 0 Å². The molecule has 1 aromatic carbocycles. The average molecular weight is 200 g/mol. The molecule has 0 aromatic heterocycles. The Morgan fingerprint density at radius 2 is 1.87 bits per heavy atom. The molecule has 1 aliphatic carbocycles. The van der Waals surface area contributed by atoms with Crippen LogP contribution in [0.15, 0.2) is 41.5 Å². The Morgan fingerprint density at radius 1 is 1.27 bits per heavy atom. The first-order valence-corrected chi connectivity index (χ1v) is 4.99. The fourth-order valence-electron chi connectivity index (χ4n) is 2.37. The number of hydrogen-bond donors (Lipinski definition) is 1. The molecule has 3 heteroatoms. The molecule has 2 N–H and O–H groups in total. The van der Waals surface area contributed by atoms with E-state index in [1.165, 1.54) is 11.1 Å². The predicted molar refractivity (Wildman–Crippen MR) is 58.4 cm³/mol. The van der Waals surface area contributed by atoms with E-state index in [1.807, 2.05) is 12.1 Å². The topological polar surface area (TPSA) is 47.6 Å². The predicted octanol–water partition coefficient (Wildman–Crippen LogP) is 1.38. The van der Waals surface area contributed by atoms with E-state index in [0.717, 1.165) is 18.5 Å². The Balaban J connectivity index is 2.00. The minimum atomic E-state index is -0.395. The molecule has 0 saturated carbocycles. The minimum Gasteiger partial charge on any atom is -0.451 e. The van der Waals surface area contributed by atoms with Gasteiger partial charge in [-0.05, 0) is 11.1 Å². The van der Waals surface area contributed by atoms with Crippen molar-refractivity contribution in [3.05, 3.63) is 47.7 Å². The van der Waals surface area contributed by atoms with Crippen molar-refractivity contribution in [1.29, 1.82) is 0 Å². The van der Waals surface area contributed by atoms with Gasteiger partial charge in [0.1, 0.15) is 0 Å². The summed E-state index contributed by atoms with van der Waals surface area (Å²) < 4.78 is 5.63. The van der Waals surface area contributed by atoms with Crippen LogP contribution < -0.4 is 5.73 Å². The van der Waals surface area contributed by atoms with Gasteiger partial charge in [-0.15, -0.1) is 0 Å². The molecule has 76 valence electrons. The summed E-state index contributed by atoms with van der Waals surface area (Å²) in [5, 5.41) is 0. The van der Waals surface area contributed by atoms with Gasteiger partial charge < -0.3 is 10.5 Å². The Labute approximate surface area is 88.3 Å². The summed E-state index contributed by atoms with van der Waals surface area (Å²) in [7, 11) is 0. The van der Waals surface area contributed by atoms with Gasteiger partial charge >= 0.3 is 0 Å². The smallest absolute Gasteiger partial charge is 0.287 e. The van der Waals surface area contributed by atoms with Crippen molar-refractivity contribution in [3.8, 4) is 0 Å². The Hall–Kier alpha value is -1.77. The van der Waals surface area contributed by atoms with Gasteiger partial charge in [0.15, 0.2) is 5.60 Å². The second-order valence-corrected chi connectivity index (χ2v) is 4.12. The highest BCUT2D eigenvalue weighted by Crippen LogP contribution is 2.40. The zero-order chi connectivity index (χ0) is 10.5. The highest BCUT2D eigenvalue weighted by atomic mass is 16.5. The van der Waals surface area contributed by atoms with E-state index in [1.54, 1.807) is 0 Å². The van der Waals surface area contributed by atoms with Gasteiger partial charge in [0, 0.05) is 12.8 Å². The van der Waals surface area contributed by atoms with E-state index in [0.29, 0.717) is 0 Å². The van der Waals surface area contributed by atoms with Crippen molar-refractivity contribution < 1.29 is 4.74 Å². The van der Waals surface area contributed by atoms with Crippen LogP contribution in [0.1, 0.15) is 11.1 Å². The van der Waals surface area contributed by atoms with Crippen molar-refractivity contribution in [2.24, 2.45) is 10.7 Å². The second kappa shape index (κ2) is 2.63. The summed E-state index contributed by atoms with van der Waals surface area (Å²) in [4.78, 5) is 4.08. The molecule has 0 saturated heterocycles. The third kappa shape index (κ3) is 1.09. The van der Waals surface area contributed by atoms with Crippen LogP contribution in [0.25, 0.3) is 0 Å². The summed E-state index contributed by atoms with van der Waals surface area (Å²) in [6.45, 7) is 3.93. The lowest BCUT2D eigenvalue weighted by Gasteiger charge is -2.22. The Bertz CT molecular complexity index is 451. The molecule has 0 unspecified atom stereocenters. The first-order valence-electron chi connectivity index (χ1n) is 4.99. The molecule has 0 fully saturated rings. The lowest BCUT2D eigenvalue weighted by molar-refractivity contribution is 0.121. The van der Waals surface area contributed by atoms with E-state index in [-0.39, 0.29) is 6.02 Å². The number of amidine groups is 1. The minimum absolute atomic E-state index is 0.243. The van der Waals surface area contributed by atoms with Crippen LogP contribution in [0.5, 0.6) is 0 Å². The Kier molecular flexibility index (Phi) is 1.49. The maximum Gasteiger partial charge on any atom is 0.287 e. The van der Waals surface area contributed by atoms with E-state index < -0.39 is 5.60 Å². The number of fused-ring (bicyclic) bond motifs is 1. The van der Waals surface area contributed by atoms with Crippen LogP contribution in [0.3, 0.4) is 0 Å². The zero-order valence-electron chi connectivity index (χ0n) is 8.36. The molecular weight excluding hydrogens is 188 g/mol. The SMILES string of the molecule is C=C1N=C(N)OC12Cc1ccccc1C2. The van der Waals surface area contributed by atoms with E-state index in [9.17, 15) is 0 Å². The third-order valence-corrected chi connectivity index (χ3v) is 3.14. The molecule has 15 heavy (non-hydrogen) atoms. The number of hydrogen-bond acceptors (Lipinski definition) is 3. The van der Waals surface area contributed by atoms with Crippen molar-refractivity contribution in [3.63, 3.8) is 0 Å². The molecule has 1 aliphatic heterocycles. The molecule has 0 atom stereocenters. The van der Waals surface area contributed by atoms with Gasteiger partial charge in [-0.3, -0.25) is 0 Å². The normalized spacial score (nSPS) is 21.3. The molecule has 3 rings (SSSR count). The summed E-state index contributed by atoms with van der Waals surface area (Å²) in [6.07, 6.45) is 1.65. The van der Waals surface area contributed by atoms with Gasteiger partial charge in [0.05, 0.1) is 5.70 Å². The quantitative estimate of drug-likeness (QED) is 0.687. The number of nitrogens with two attached hydrogens (primary N) is 1. The lowest BCUT2D eigenvalue weighted by Crippen LogP contribution is -2.34. The lowest BCUT2D eigenvalue weighted by atomic mass is 9.97. The summed E-state index contributed by atoms with van der Waals surface area (Å²) in [5.74, 6) is 0. The van der Waals surface area contributed by atoms with Crippen LogP contribution in [0.4, 0.5) is 0 Å². The molecular formula is C12H12N2O. The average Bonchev–Trinajstić information content (AvgIpc) is 2.67. The standard InChI is InChI=1S/C12H12N2O/c1-8-12(15-11(13)14-8)6-9-4-2-3-5-10(9)7-12/h2-5H,1,6-7H2,(H2,13,14).